The van der Waals surface area contributed by atoms with Gasteiger partial charge in [0.2, 0.25) is 0 Å². The van der Waals surface area contributed by atoms with Gasteiger partial charge in [0.15, 0.2) is 0 Å². The number of nitrogens with one attached hydrogen (secondary N) is 1. The molecule has 2 N–H and O–H groups in total. The molecule has 14 heteroatoms. The predicted molar refractivity (Wildman–Crippen MR) is 120 cm³/mol. The summed E-state index contributed by atoms with van der Waals surface area (Å²) in [7, 11) is 0. The largest absolute Gasteiger partial charge is 0.471 e. The number of rotatable bonds is 7. The van der Waals surface area contributed by atoms with Crippen LogP contribution in [0.15, 0.2) is 49.1 Å². The molecule has 2 heterocycles. The maximum absolute atomic E-state index is 14.6. The minimum absolute atomic E-state index is 0.0475. The van der Waals surface area contributed by atoms with Gasteiger partial charge in [-0.2, -0.15) is 18.3 Å². The van der Waals surface area contributed by atoms with Gasteiger partial charge < -0.3 is 15.3 Å². The lowest BCUT2D eigenvalue weighted by Gasteiger charge is -2.40. The molecule has 3 aromatic rings. The van der Waals surface area contributed by atoms with Crippen LogP contribution >= 0.6 is 0 Å². The third kappa shape index (κ3) is 6.20. The van der Waals surface area contributed by atoms with Gasteiger partial charge in [-0.25, -0.2) is 22.8 Å². The molecule has 1 atom stereocenters. The second kappa shape index (κ2) is 10.4. The molecule has 1 aliphatic heterocycles. The van der Waals surface area contributed by atoms with Crippen molar-refractivity contribution < 1.29 is 36.2 Å². The second-order valence-corrected chi connectivity index (χ2v) is 8.63. The Bertz CT molecular complexity index is 1250. The second-order valence-electron chi connectivity index (χ2n) is 8.63. The summed E-state index contributed by atoms with van der Waals surface area (Å²) in [5.74, 6) is -4.72. The van der Waals surface area contributed by atoms with E-state index in [4.69, 9.17) is 0 Å². The van der Waals surface area contributed by atoms with Gasteiger partial charge in [-0.1, -0.05) is 6.07 Å². The first-order chi connectivity index (χ1) is 17.4. The Labute approximate surface area is 207 Å². The van der Waals surface area contributed by atoms with Crippen molar-refractivity contribution in [2.24, 2.45) is 0 Å². The van der Waals surface area contributed by atoms with E-state index in [1.807, 2.05) is 4.90 Å². The fourth-order valence-electron chi connectivity index (χ4n) is 4.23. The summed E-state index contributed by atoms with van der Waals surface area (Å²) < 4.78 is 81.4. The first-order valence-corrected chi connectivity index (χ1v) is 11.1. The van der Waals surface area contributed by atoms with Crippen molar-refractivity contribution in [2.75, 3.05) is 42.9 Å². The monoisotopic (exact) mass is 528 g/mol. The van der Waals surface area contributed by atoms with Gasteiger partial charge >= 0.3 is 12.1 Å². The van der Waals surface area contributed by atoms with Gasteiger partial charge in [0.25, 0.3) is 0 Å². The molecule has 0 radical (unpaired) electrons. The molecular formula is C23H22F6N6O2. The van der Waals surface area contributed by atoms with Crippen molar-refractivity contribution >= 4 is 17.3 Å². The summed E-state index contributed by atoms with van der Waals surface area (Å²) in [5.41, 5.74) is -2.11. The van der Waals surface area contributed by atoms with E-state index in [0.717, 1.165) is 12.1 Å². The number of β-amino-alcohol motifs (C(OH)–C–C–N with tert-alkyl or cyclic N) is 1. The van der Waals surface area contributed by atoms with E-state index in [-0.39, 0.29) is 43.1 Å². The highest BCUT2D eigenvalue weighted by molar-refractivity contribution is 5.95. The third-order valence-corrected chi connectivity index (χ3v) is 5.98. The summed E-state index contributed by atoms with van der Waals surface area (Å²) in [6.45, 7) is 1.03. The molecule has 1 unspecified atom stereocenters. The molecule has 1 saturated heterocycles. The van der Waals surface area contributed by atoms with Crippen molar-refractivity contribution in [1.82, 2.24) is 19.7 Å². The first-order valence-electron chi connectivity index (χ1n) is 11.1. The lowest BCUT2D eigenvalue weighted by Crippen LogP contribution is -2.52. The van der Waals surface area contributed by atoms with Gasteiger partial charge in [0.1, 0.15) is 35.7 Å². The summed E-state index contributed by atoms with van der Waals surface area (Å²) >= 11 is 0. The van der Waals surface area contributed by atoms with Crippen LogP contribution in [0.5, 0.6) is 0 Å². The molecule has 0 saturated carbocycles. The highest BCUT2D eigenvalue weighted by Gasteiger charge is 2.39. The van der Waals surface area contributed by atoms with Crippen LogP contribution in [0.4, 0.5) is 37.7 Å². The van der Waals surface area contributed by atoms with Crippen molar-refractivity contribution in [3.05, 3.63) is 72.1 Å². The number of nitrogens with zero attached hydrogens (tertiary/aromatic N) is 5. The molecule has 1 aromatic heterocycles. The Kier molecular flexibility index (Phi) is 7.41. The van der Waals surface area contributed by atoms with Crippen LogP contribution in [0.3, 0.4) is 0 Å². The summed E-state index contributed by atoms with van der Waals surface area (Å²) in [6, 6.07) is 6.15. The van der Waals surface area contributed by atoms with Crippen LogP contribution in [-0.2, 0) is 16.9 Å². The van der Waals surface area contributed by atoms with Gasteiger partial charge in [-0.3, -0.25) is 9.69 Å². The molecule has 8 nitrogen and oxygen atoms in total. The number of amides is 1. The van der Waals surface area contributed by atoms with E-state index in [1.54, 1.807) is 10.2 Å². The minimum atomic E-state index is -5.10. The van der Waals surface area contributed by atoms with E-state index >= 15 is 0 Å². The third-order valence-electron chi connectivity index (χ3n) is 5.98. The van der Waals surface area contributed by atoms with Gasteiger partial charge in [-0.05, 0) is 24.3 Å². The molecule has 0 bridgehead atoms. The normalized spacial score (nSPS) is 16.5. The van der Waals surface area contributed by atoms with E-state index in [0.29, 0.717) is 19.2 Å². The number of alkyl halides is 3. The number of anilines is 2. The van der Waals surface area contributed by atoms with Crippen LogP contribution < -0.4 is 10.2 Å². The lowest BCUT2D eigenvalue weighted by atomic mass is 9.92. The average Bonchev–Trinajstić information content (AvgIpc) is 3.32. The van der Waals surface area contributed by atoms with Crippen LogP contribution in [0.25, 0.3) is 0 Å². The van der Waals surface area contributed by atoms with E-state index in [2.05, 4.69) is 10.1 Å². The quantitative estimate of drug-likeness (QED) is 0.459. The van der Waals surface area contributed by atoms with Crippen LogP contribution in [0.2, 0.25) is 0 Å². The zero-order valence-electron chi connectivity index (χ0n) is 19.2. The summed E-state index contributed by atoms with van der Waals surface area (Å²) in [5, 5.41) is 17.0. The van der Waals surface area contributed by atoms with Gasteiger partial charge in [0.05, 0.1) is 12.2 Å². The Hall–Kier alpha value is -3.65. The first kappa shape index (κ1) is 26.4. The number of hydrogen-bond donors (Lipinski definition) is 2. The minimum Gasteiger partial charge on any atom is -0.382 e. The number of halogens is 6. The van der Waals surface area contributed by atoms with Gasteiger partial charge in [-0.15, -0.1) is 0 Å². The molecule has 1 aliphatic rings. The molecule has 1 fully saturated rings. The molecule has 37 heavy (non-hydrogen) atoms. The topological polar surface area (TPSA) is 86.5 Å². The number of benzene rings is 2. The van der Waals surface area contributed by atoms with Crippen molar-refractivity contribution in [2.45, 2.75) is 18.3 Å². The molecule has 4 rings (SSSR count). The van der Waals surface area contributed by atoms with Crippen LogP contribution in [-0.4, -0.2) is 69.6 Å². The fraction of sp³-hybridized carbons (Fsp3) is 0.348. The smallest absolute Gasteiger partial charge is 0.382 e. The molecular weight excluding hydrogens is 506 g/mol. The number of carbonyl (C=O) groups excluding carboxylic acids is 1. The van der Waals surface area contributed by atoms with Crippen molar-refractivity contribution in [3.63, 3.8) is 0 Å². The Morgan fingerprint density at radius 1 is 0.973 bits per heavy atom. The zero-order valence-corrected chi connectivity index (χ0v) is 19.2. The maximum atomic E-state index is 14.6. The maximum Gasteiger partial charge on any atom is 0.471 e. The van der Waals surface area contributed by atoms with Crippen LogP contribution in [0.1, 0.15) is 5.56 Å². The van der Waals surface area contributed by atoms with E-state index < -0.39 is 35.1 Å². The van der Waals surface area contributed by atoms with Crippen molar-refractivity contribution in [3.8, 4) is 0 Å². The van der Waals surface area contributed by atoms with Gasteiger partial charge in [0, 0.05) is 50.0 Å². The number of aromatic nitrogens is 3. The zero-order chi connectivity index (χ0) is 26.8. The number of piperazine rings is 1. The lowest BCUT2D eigenvalue weighted by molar-refractivity contribution is -0.167. The van der Waals surface area contributed by atoms with E-state index in [1.165, 1.54) is 35.5 Å². The Balaban J connectivity index is 1.45. The highest BCUT2D eigenvalue weighted by Crippen LogP contribution is 2.30. The highest BCUT2D eigenvalue weighted by atomic mass is 19.4. The standard InChI is InChI=1S/C23H22F6N6O2/c24-15-1-3-17(18(25)9-15)22(37,12-35-14-30-13-31-35)11-33-5-7-34(8-6-33)20-4-2-16(10-19(20)26)32-21(36)23(27,28)29/h1-4,9-10,13-14,37H,5-8,11-12H2,(H,32,36). The molecule has 2 aromatic carbocycles. The SMILES string of the molecule is O=C(Nc1ccc(N2CCN(CC(O)(Cn3cncn3)c3ccc(F)cc3F)CC2)c(F)c1)C(F)(F)F. The molecule has 0 spiro atoms. The van der Waals surface area contributed by atoms with Crippen LogP contribution in [0, 0.1) is 17.5 Å². The molecule has 198 valence electrons. The molecule has 1 amide bonds. The Morgan fingerprint density at radius 2 is 1.70 bits per heavy atom. The number of hydrogen-bond acceptors (Lipinski definition) is 6. The summed E-state index contributed by atoms with van der Waals surface area (Å²) in [4.78, 5) is 18.4. The average molecular weight is 528 g/mol. The number of carbonyl (C=O) groups is 1. The predicted octanol–water partition coefficient (Wildman–Crippen LogP) is 2.91. The Morgan fingerprint density at radius 3 is 2.30 bits per heavy atom. The van der Waals surface area contributed by atoms with E-state index in [9.17, 15) is 36.2 Å². The number of aliphatic hydroxyl groups is 1. The fourth-order valence-corrected chi connectivity index (χ4v) is 4.23. The molecule has 0 aliphatic carbocycles. The summed E-state index contributed by atoms with van der Waals surface area (Å²) in [6.07, 6.45) is -2.49. The van der Waals surface area contributed by atoms with Crippen molar-refractivity contribution in [1.29, 1.82) is 0 Å².